The van der Waals surface area contributed by atoms with Gasteiger partial charge in [0.2, 0.25) is 5.91 Å². The van der Waals surface area contributed by atoms with Gasteiger partial charge in [-0.05, 0) is 81.9 Å². The van der Waals surface area contributed by atoms with Crippen LogP contribution in [0.5, 0.6) is 0 Å². The molecule has 0 saturated heterocycles. The van der Waals surface area contributed by atoms with E-state index in [1.54, 1.807) is 11.0 Å². The van der Waals surface area contributed by atoms with Crippen molar-refractivity contribution in [3.8, 4) is 0 Å². The number of nitrogens with one attached hydrogen (secondary N) is 1. The highest BCUT2D eigenvalue weighted by molar-refractivity contribution is 6.17. The van der Waals surface area contributed by atoms with Gasteiger partial charge < -0.3 is 10.2 Å². The van der Waals surface area contributed by atoms with Crippen molar-refractivity contribution >= 4 is 28.9 Å². The van der Waals surface area contributed by atoms with Crippen LogP contribution in [0.2, 0.25) is 0 Å². The number of amides is 2. The van der Waals surface area contributed by atoms with Crippen molar-refractivity contribution in [2.45, 2.75) is 64.7 Å². The van der Waals surface area contributed by atoms with E-state index in [4.69, 9.17) is 0 Å². The summed E-state index contributed by atoms with van der Waals surface area (Å²) in [6.07, 6.45) is 10.4. The Balaban J connectivity index is 1.35. The van der Waals surface area contributed by atoms with E-state index in [2.05, 4.69) is 24.2 Å². The number of nitrogens with zero attached hydrogens (tertiary/aromatic N) is 2. The van der Waals surface area contributed by atoms with Crippen molar-refractivity contribution < 1.29 is 9.59 Å². The molecule has 1 fully saturated rings. The monoisotopic (exact) mass is 461 g/mol. The van der Waals surface area contributed by atoms with Crippen LogP contribution in [-0.4, -0.2) is 36.9 Å². The third kappa shape index (κ3) is 5.87. The third-order valence-corrected chi connectivity index (χ3v) is 7.47. The summed E-state index contributed by atoms with van der Waals surface area (Å²) in [5.74, 6) is 1.15. The lowest BCUT2D eigenvalue weighted by Crippen LogP contribution is -2.29. The Morgan fingerprint density at radius 3 is 2.38 bits per heavy atom. The highest BCUT2D eigenvalue weighted by atomic mass is 16.2. The first-order valence-corrected chi connectivity index (χ1v) is 13.1. The van der Waals surface area contributed by atoms with Crippen LogP contribution >= 0.6 is 0 Å². The topological polar surface area (TPSA) is 52.7 Å². The van der Waals surface area contributed by atoms with Crippen LogP contribution in [-0.2, 0) is 4.79 Å². The summed E-state index contributed by atoms with van der Waals surface area (Å²) in [5.41, 5.74) is 2.66. The van der Waals surface area contributed by atoms with Crippen molar-refractivity contribution in [3.05, 3.63) is 54.1 Å². The van der Waals surface area contributed by atoms with E-state index < -0.39 is 0 Å². The molecule has 2 amide bonds. The molecule has 2 aromatic carbocycles. The predicted octanol–water partition coefficient (Wildman–Crippen LogP) is 6.63. The predicted molar refractivity (Wildman–Crippen MR) is 140 cm³/mol. The van der Waals surface area contributed by atoms with E-state index in [0.717, 1.165) is 24.4 Å². The average molecular weight is 462 g/mol. The minimum Gasteiger partial charge on any atom is -0.320 e. The van der Waals surface area contributed by atoms with E-state index in [1.165, 1.54) is 51.6 Å². The molecule has 1 heterocycles. The van der Waals surface area contributed by atoms with Crippen LogP contribution in [0.3, 0.4) is 0 Å². The van der Waals surface area contributed by atoms with Gasteiger partial charge in [0.15, 0.2) is 0 Å². The minimum atomic E-state index is -0.167. The molecule has 0 unspecified atom stereocenters. The summed E-state index contributed by atoms with van der Waals surface area (Å²) in [5, 5.41) is 2.98. The molecule has 34 heavy (non-hydrogen) atoms. The molecule has 0 spiro atoms. The highest BCUT2D eigenvalue weighted by Crippen LogP contribution is 2.40. The molecule has 1 aliphatic carbocycles. The molecule has 0 atom stereocenters. The van der Waals surface area contributed by atoms with Gasteiger partial charge in [-0.2, -0.15) is 0 Å². The summed E-state index contributed by atoms with van der Waals surface area (Å²) < 4.78 is 0. The normalized spacial score (nSPS) is 19.9. The van der Waals surface area contributed by atoms with Gasteiger partial charge in [-0.1, -0.05) is 56.9 Å². The Bertz CT molecular complexity index is 981. The second kappa shape index (κ2) is 11.7. The van der Waals surface area contributed by atoms with Crippen LogP contribution in [0.15, 0.2) is 48.5 Å². The van der Waals surface area contributed by atoms with E-state index in [-0.39, 0.29) is 11.8 Å². The van der Waals surface area contributed by atoms with Gasteiger partial charge >= 0.3 is 0 Å². The minimum absolute atomic E-state index is 0.0822. The van der Waals surface area contributed by atoms with Gasteiger partial charge in [0.05, 0.1) is 22.6 Å². The third-order valence-electron chi connectivity index (χ3n) is 7.47. The van der Waals surface area contributed by atoms with E-state index in [0.29, 0.717) is 29.3 Å². The number of hydrogen-bond donors (Lipinski definition) is 1. The maximum absolute atomic E-state index is 13.6. The number of para-hydroxylation sites is 3. The number of carbonyl (C=O) groups is 2. The molecule has 2 aromatic rings. The first-order chi connectivity index (χ1) is 16.6. The van der Waals surface area contributed by atoms with Gasteiger partial charge in [-0.15, -0.1) is 0 Å². The van der Waals surface area contributed by atoms with Crippen molar-refractivity contribution in [1.82, 2.24) is 4.90 Å². The number of benzene rings is 2. The van der Waals surface area contributed by atoms with Crippen molar-refractivity contribution in [2.24, 2.45) is 11.8 Å². The van der Waals surface area contributed by atoms with Gasteiger partial charge in [-0.3, -0.25) is 14.5 Å². The van der Waals surface area contributed by atoms with Gasteiger partial charge in [0.25, 0.3) is 5.91 Å². The average Bonchev–Trinajstić information content (AvgIpc) is 2.97. The lowest BCUT2D eigenvalue weighted by molar-refractivity contribution is -0.119. The Morgan fingerprint density at radius 2 is 1.62 bits per heavy atom. The van der Waals surface area contributed by atoms with Gasteiger partial charge in [0.1, 0.15) is 0 Å². The molecular weight excluding hydrogens is 422 g/mol. The standard InChI is InChI=1S/C29H39N3O2/c1-3-19-31(2)20-9-8-10-22-15-17-23(18-16-22)21-28(33)32-26-13-6-4-11-24(26)29(34)30-25-12-5-7-14-27(25)32/h4-7,11-14,22-23H,3,8-10,15-21H2,1-2H3,(H,30,34). The smallest absolute Gasteiger partial charge is 0.257 e. The van der Waals surface area contributed by atoms with E-state index in [1.807, 2.05) is 42.5 Å². The molecule has 0 bridgehead atoms. The number of fused-ring (bicyclic) bond motifs is 2. The van der Waals surface area contributed by atoms with Crippen LogP contribution in [0, 0.1) is 11.8 Å². The summed E-state index contributed by atoms with van der Waals surface area (Å²) >= 11 is 0. The summed E-state index contributed by atoms with van der Waals surface area (Å²) in [4.78, 5) is 30.6. The zero-order valence-electron chi connectivity index (χ0n) is 20.8. The lowest BCUT2D eigenvalue weighted by Gasteiger charge is -2.31. The number of anilines is 3. The zero-order valence-corrected chi connectivity index (χ0v) is 20.8. The van der Waals surface area contributed by atoms with Gasteiger partial charge in [0, 0.05) is 6.42 Å². The van der Waals surface area contributed by atoms with E-state index in [9.17, 15) is 9.59 Å². The Kier molecular flexibility index (Phi) is 8.39. The van der Waals surface area contributed by atoms with Gasteiger partial charge in [-0.25, -0.2) is 0 Å². The quantitative estimate of drug-likeness (QED) is 0.427. The molecule has 5 heteroatoms. The molecule has 2 aliphatic rings. The lowest BCUT2D eigenvalue weighted by atomic mass is 9.78. The maximum atomic E-state index is 13.6. The van der Waals surface area contributed by atoms with Crippen LogP contribution < -0.4 is 10.2 Å². The molecule has 1 aliphatic heterocycles. The molecule has 1 saturated carbocycles. The van der Waals surface area contributed by atoms with Crippen LogP contribution in [0.1, 0.15) is 75.1 Å². The maximum Gasteiger partial charge on any atom is 0.257 e. The van der Waals surface area contributed by atoms with Crippen LogP contribution in [0.25, 0.3) is 0 Å². The molecule has 182 valence electrons. The summed E-state index contributed by atoms with van der Waals surface area (Å²) in [6.45, 7) is 4.63. The van der Waals surface area contributed by atoms with Crippen molar-refractivity contribution in [1.29, 1.82) is 0 Å². The number of rotatable bonds is 9. The first-order valence-electron chi connectivity index (χ1n) is 13.1. The van der Waals surface area contributed by atoms with Crippen molar-refractivity contribution in [2.75, 3.05) is 30.4 Å². The second-order valence-corrected chi connectivity index (χ2v) is 10.1. The Labute approximate surface area is 204 Å². The largest absolute Gasteiger partial charge is 0.320 e. The molecular formula is C29H39N3O2. The first kappa shape index (κ1) is 24.5. The summed E-state index contributed by atoms with van der Waals surface area (Å²) in [7, 11) is 2.22. The Morgan fingerprint density at radius 1 is 0.941 bits per heavy atom. The molecule has 4 rings (SSSR count). The zero-order chi connectivity index (χ0) is 23.9. The molecule has 0 radical (unpaired) electrons. The van der Waals surface area contributed by atoms with E-state index >= 15 is 0 Å². The summed E-state index contributed by atoms with van der Waals surface area (Å²) in [6, 6.07) is 15.0. The molecule has 5 nitrogen and oxygen atoms in total. The number of unbranched alkanes of at least 4 members (excludes halogenated alkanes) is 1. The fraction of sp³-hybridized carbons (Fsp3) is 0.517. The molecule has 1 N–H and O–H groups in total. The van der Waals surface area contributed by atoms with Crippen molar-refractivity contribution in [3.63, 3.8) is 0 Å². The number of hydrogen-bond acceptors (Lipinski definition) is 3. The number of carbonyl (C=O) groups excluding carboxylic acids is 2. The fourth-order valence-electron chi connectivity index (χ4n) is 5.59. The van der Waals surface area contributed by atoms with Crippen LogP contribution in [0.4, 0.5) is 17.1 Å². The second-order valence-electron chi connectivity index (χ2n) is 10.1. The SMILES string of the molecule is CCCN(C)CCCCC1CCC(CC(=O)N2c3ccccc3NC(=O)c3ccccc32)CC1. The Hall–Kier alpha value is -2.66. The fourth-order valence-corrected chi connectivity index (χ4v) is 5.59. The molecule has 0 aromatic heterocycles. The highest BCUT2D eigenvalue weighted by Gasteiger charge is 2.31.